The molecule has 0 spiro atoms. The fourth-order valence-corrected chi connectivity index (χ4v) is 7.40. The van der Waals surface area contributed by atoms with Gasteiger partial charge in [-0.05, 0) is 62.8 Å². The van der Waals surface area contributed by atoms with Gasteiger partial charge < -0.3 is 25.2 Å². The molecule has 3 atom stereocenters. The molecule has 2 saturated heterocycles. The number of nitriles is 1. The van der Waals surface area contributed by atoms with Crippen molar-refractivity contribution in [2.24, 2.45) is 11.8 Å². The Morgan fingerprint density at radius 1 is 1.12 bits per heavy atom. The predicted molar refractivity (Wildman–Crippen MR) is 164 cm³/mol. The van der Waals surface area contributed by atoms with Crippen molar-refractivity contribution in [3.05, 3.63) is 42.2 Å². The number of carbonyl (C=O) groups excluding carboxylic acids is 1. The first kappa shape index (κ1) is 27.5. The molecular formula is C30H34N10O2S. The van der Waals surface area contributed by atoms with E-state index in [1.165, 1.54) is 0 Å². The van der Waals surface area contributed by atoms with Gasteiger partial charge in [0, 0.05) is 50.1 Å². The number of pyridine rings is 1. The van der Waals surface area contributed by atoms with Gasteiger partial charge in [0.2, 0.25) is 5.13 Å². The number of rotatable bonds is 6. The number of aromatic nitrogens is 5. The normalized spacial score (nSPS) is 21.8. The summed E-state index contributed by atoms with van der Waals surface area (Å²) in [5, 5.41) is 31.5. The van der Waals surface area contributed by atoms with Gasteiger partial charge >= 0.3 is 6.03 Å². The number of piperidine rings is 1. The van der Waals surface area contributed by atoms with Gasteiger partial charge in [0.05, 0.1) is 47.4 Å². The van der Waals surface area contributed by atoms with Gasteiger partial charge in [-0.1, -0.05) is 11.3 Å². The zero-order valence-electron chi connectivity index (χ0n) is 24.2. The van der Waals surface area contributed by atoms with E-state index in [0.29, 0.717) is 43.7 Å². The Kier molecular flexibility index (Phi) is 7.32. The summed E-state index contributed by atoms with van der Waals surface area (Å²) in [7, 11) is 0. The molecule has 2 N–H and O–H groups in total. The van der Waals surface area contributed by atoms with E-state index < -0.39 is 0 Å². The predicted octanol–water partition coefficient (Wildman–Crippen LogP) is 3.86. The lowest BCUT2D eigenvalue weighted by atomic mass is 9.92. The number of carbonyl (C=O) groups is 1. The van der Waals surface area contributed by atoms with Crippen LogP contribution in [0, 0.1) is 23.2 Å². The van der Waals surface area contributed by atoms with E-state index in [1.807, 2.05) is 35.4 Å². The van der Waals surface area contributed by atoms with Crippen molar-refractivity contribution in [1.82, 2.24) is 35.0 Å². The summed E-state index contributed by atoms with van der Waals surface area (Å²) in [5.74, 6) is 0.787. The summed E-state index contributed by atoms with van der Waals surface area (Å²) >= 11 is 1.58. The number of anilines is 2. The van der Waals surface area contributed by atoms with Crippen LogP contribution in [0.15, 0.2) is 36.7 Å². The minimum absolute atomic E-state index is 0.0359. The Bertz CT molecular complexity index is 1670. The van der Waals surface area contributed by atoms with Gasteiger partial charge in [-0.25, -0.2) is 9.31 Å². The van der Waals surface area contributed by atoms with E-state index in [9.17, 15) is 10.1 Å². The first-order valence-electron chi connectivity index (χ1n) is 14.8. The van der Waals surface area contributed by atoms with Gasteiger partial charge in [0.1, 0.15) is 6.07 Å². The maximum absolute atomic E-state index is 12.9. The molecule has 0 unspecified atom stereocenters. The van der Waals surface area contributed by atoms with Crippen LogP contribution in [0.2, 0.25) is 0 Å². The largest absolute Gasteiger partial charge is 0.382 e. The van der Waals surface area contributed by atoms with Crippen LogP contribution >= 0.6 is 11.3 Å². The number of morpholine rings is 1. The number of amides is 2. The number of hydrogen-bond donors (Lipinski definition) is 2. The third kappa shape index (κ3) is 5.36. The quantitative estimate of drug-likeness (QED) is 0.339. The van der Waals surface area contributed by atoms with Gasteiger partial charge in [0.15, 0.2) is 5.01 Å². The number of urea groups is 1. The fraction of sp³-hybridized carbons (Fsp3) is 0.467. The monoisotopic (exact) mass is 598 g/mol. The van der Waals surface area contributed by atoms with Crippen molar-refractivity contribution in [3.8, 4) is 28.0 Å². The average molecular weight is 599 g/mol. The topological polar surface area (TPSA) is 137 Å². The van der Waals surface area contributed by atoms with E-state index in [2.05, 4.69) is 50.7 Å². The standard InChI is InChI=1S/C30H34N10O2S/c1-18(2)34-24-12-25(26-6-5-22-11-19(13-31)14-33-40(22)26)32-15-23(24)28-36-37-30(43-28)39-16-20-3-4-21(17-39)27(20)35-29(41)38-7-9-42-10-8-38/h5-6,11-12,14-15,18,20-21,27H,3-4,7-10,16-17H2,1-2H3,(H,32,34)(H,35,41)/t20-,21+,27+. The third-order valence-electron chi connectivity index (χ3n) is 8.58. The Hall–Kier alpha value is -4.28. The number of nitrogens with one attached hydrogen (secondary N) is 2. The van der Waals surface area contributed by atoms with Crippen LogP contribution in [-0.2, 0) is 4.74 Å². The molecule has 6 heterocycles. The molecular weight excluding hydrogens is 564 g/mol. The second-order valence-corrected chi connectivity index (χ2v) is 12.7. The highest BCUT2D eigenvalue weighted by atomic mass is 32.1. The Morgan fingerprint density at radius 3 is 2.65 bits per heavy atom. The highest BCUT2D eigenvalue weighted by Gasteiger charge is 2.44. The number of hydrogen-bond acceptors (Lipinski definition) is 10. The SMILES string of the molecule is CC(C)Nc1cc(-c2ccc3cc(C#N)cnn23)ncc1-c1nnc(N2C[C@H]3CC[C@@H](C2)[C@H]3NC(=O)N2CCOCC2)s1. The number of nitrogens with zero attached hydrogens (tertiary/aromatic N) is 8. The van der Waals surface area contributed by atoms with Crippen molar-refractivity contribution < 1.29 is 9.53 Å². The van der Waals surface area contributed by atoms with Gasteiger partial charge in [-0.15, -0.1) is 10.2 Å². The van der Waals surface area contributed by atoms with Crippen molar-refractivity contribution in [2.75, 3.05) is 49.6 Å². The molecule has 13 heteroatoms. The Labute approximate surface area is 253 Å². The molecule has 7 rings (SSSR count). The molecule has 1 aliphatic carbocycles. The minimum Gasteiger partial charge on any atom is -0.382 e. The smallest absolute Gasteiger partial charge is 0.317 e. The van der Waals surface area contributed by atoms with E-state index >= 15 is 0 Å². The Balaban J connectivity index is 1.10. The summed E-state index contributed by atoms with van der Waals surface area (Å²) in [6.45, 7) is 8.43. The molecule has 2 amide bonds. The second-order valence-electron chi connectivity index (χ2n) is 11.8. The van der Waals surface area contributed by atoms with Gasteiger partial charge in [0.25, 0.3) is 0 Å². The molecule has 4 aromatic rings. The second kappa shape index (κ2) is 11.4. The molecule has 0 radical (unpaired) electrons. The molecule has 3 aliphatic rings. The lowest BCUT2D eigenvalue weighted by Crippen LogP contribution is -2.56. The third-order valence-corrected chi connectivity index (χ3v) is 9.59. The van der Waals surface area contributed by atoms with Gasteiger partial charge in [-0.2, -0.15) is 10.4 Å². The number of fused-ring (bicyclic) bond motifs is 3. The van der Waals surface area contributed by atoms with E-state index in [0.717, 1.165) is 64.2 Å². The zero-order chi connectivity index (χ0) is 29.5. The highest BCUT2D eigenvalue weighted by Crippen LogP contribution is 2.41. The molecule has 1 saturated carbocycles. The Morgan fingerprint density at radius 2 is 1.91 bits per heavy atom. The lowest BCUT2D eigenvalue weighted by Gasteiger charge is -2.39. The number of ether oxygens (including phenoxy) is 1. The van der Waals surface area contributed by atoms with Crippen LogP contribution in [0.25, 0.3) is 27.5 Å². The maximum atomic E-state index is 12.9. The van der Waals surface area contributed by atoms with Crippen LogP contribution in [0.3, 0.4) is 0 Å². The van der Waals surface area contributed by atoms with Crippen LogP contribution in [0.5, 0.6) is 0 Å². The average Bonchev–Trinajstić information content (AvgIpc) is 3.73. The fourth-order valence-electron chi connectivity index (χ4n) is 6.52. The molecule has 2 bridgehead atoms. The van der Waals surface area contributed by atoms with Crippen molar-refractivity contribution >= 4 is 33.7 Å². The first-order chi connectivity index (χ1) is 21.0. The van der Waals surface area contributed by atoms with Crippen molar-refractivity contribution in [3.63, 3.8) is 0 Å². The molecule has 12 nitrogen and oxygen atoms in total. The molecule has 43 heavy (non-hydrogen) atoms. The molecule has 4 aromatic heterocycles. The maximum Gasteiger partial charge on any atom is 0.317 e. The lowest BCUT2D eigenvalue weighted by molar-refractivity contribution is 0.0515. The summed E-state index contributed by atoms with van der Waals surface area (Å²) in [4.78, 5) is 21.9. The summed E-state index contributed by atoms with van der Waals surface area (Å²) in [5.41, 5.74) is 4.80. The van der Waals surface area contributed by atoms with Crippen LogP contribution in [0.4, 0.5) is 15.6 Å². The van der Waals surface area contributed by atoms with Crippen LogP contribution < -0.4 is 15.5 Å². The summed E-state index contributed by atoms with van der Waals surface area (Å²) < 4.78 is 7.20. The van der Waals surface area contributed by atoms with Crippen molar-refractivity contribution in [2.45, 2.75) is 38.8 Å². The van der Waals surface area contributed by atoms with Crippen LogP contribution in [-0.4, -0.2) is 87.2 Å². The summed E-state index contributed by atoms with van der Waals surface area (Å²) in [6, 6.07) is 10.3. The molecule has 3 fully saturated rings. The minimum atomic E-state index is 0.0359. The van der Waals surface area contributed by atoms with E-state index in [4.69, 9.17) is 9.72 Å². The van der Waals surface area contributed by atoms with Gasteiger partial charge in [-0.3, -0.25) is 4.98 Å². The summed E-state index contributed by atoms with van der Waals surface area (Å²) in [6.07, 6.45) is 5.63. The van der Waals surface area contributed by atoms with Crippen LogP contribution in [0.1, 0.15) is 32.3 Å². The van der Waals surface area contributed by atoms with E-state index in [1.54, 1.807) is 22.0 Å². The highest BCUT2D eigenvalue weighted by molar-refractivity contribution is 7.18. The molecule has 2 aliphatic heterocycles. The van der Waals surface area contributed by atoms with E-state index in [-0.39, 0.29) is 18.1 Å². The zero-order valence-corrected chi connectivity index (χ0v) is 25.0. The molecule has 222 valence electrons. The first-order valence-corrected chi connectivity index (χ1v) is 15.7. The van der Waals surface area contributed by atoms with Crippen molar-refractivity contribution in [1.29, 1.82) is 5.26 Å². The molecule has 0 aromatic carbocycles.